The Morgan fingerprint density at radius 1 is 1.22 bits per heavy atom. The number of halogens is 2. The second-order valence-corrected chi connectivity index (χ2v) is 6.34. The third-order valence-corrected chi connectivity index (χ3v) is 4.28. The zero-order valence-electron chi connectivity index (χ0n) is 15.7. The van der Waals surface area contributed by atoms with Gasteiger partial charge in [0, 0.05) is 36.0 Å². The molecule has 0 saturated heterocycles. The molecule has 3 N–H and O–H groups in total. The predicted octanol–water partition coefficient (Wildman–Crippen LogP) is 5.11. The van der Waals surface area contributed by atoms with E-state index >= 15 is 0 Å². The summed E-state index contributed by atoms with van der Waals surface area (Å²) in [5, 5.41) is 21.4. The molecule has 2 rings (SSSR count). The highest BCUT2D eigenvalue weighted by Crippen LogP contribution is 2.28. The van der Waals surface area contributed by atoms with Crippen LogP contribution < -0.4 is 10.1 Å². The third-order valence-electron chi connectivity index (χ3n) is 4.28. The second-order valence-electron chi connectivity index (χ2n) is 6.34. The van der Waals surface area contributed by atoms with Gasteiger partial charge in [-0.25, -0.2) is 4.98 Å². The lowest BCUT2D eigenvalue weighted by Gasteiger charge is -2.20. The van der Waals surface area contributed by atoms with Crippen molar-refractivity contribution in [3.8, 4) is 5.75 Å². The number of aliphatic hydroxyl groups excluding tert-OH is 1. The first-order valence-electron chi connectivity index (χ1n) is 8.90. The van der Waals surface area contributed by atoms with Crippen molar-refractivity contribution in [2.75, 3.05) is 5.32 Å². The lowest BCUT2D eigenvalue weighted by atomic mass is 9.90. The molecular formula is C20H25F2N3O2. The molecular weight excluding hydrogens is 352 g/mol. The Labute approximate surface area is 157 Å². The van der Waals surface area contributed by atoms with Crippen LogP contribution in [-0.2, 0) is 6.61 Å². The largest absolute Gasteiger partial charge is 0.433 e. The summed E-state index contributed by atoms with van der Waals surface area (Å²) in [7, 11) is 0. The zero-order chi connectivity index (χ0) is 20.0. The first kappa shape index (κ1) is 20.8. The van der Waals surface area contributed by atoms with Crippen LogP contribution in [0.4, 0.5) is 20.3 Å². The lowest BCUT2D eigenvalue weighted by Crippen LogP contribution is -2.19. The monoisotopic (exact) mass is 377 g/mol. The molecule has 0 unspecified atom stereocenters. The number of anilines is 2. The number of alkyl halides is 2. The average molecular weight is 377 g/mol. The van der Waals surface area contributed by atoms with E-state index in [0.29, 0.717) is 35.3 Å². The number of aliphatic hydroxyl groups is 1. The summed E-state index contributed by atoms with van der Waals surface area (Å²) in [5.74, 6) is 0.561. The van der Waals surface area contributed by atoms with Gasteiger partial charge in [-0.3, -0.25) is 0 Å². The van der Waals surface area contributed by atoms with Gasteiger partial charge in [-0.15, -0.1) is 0 Å². The van der Waals surface area contributed by atoms with E-state index in [9.17, 15) is 13.9 Å². The van der Waals surface area contributed by atoms with E-state index in [1.165, 1.54) is 12.1 Å². The van der Waals surface area contributed by atoms with Gasteiger partial charge in [-0.05, 0) is 48.7 Å². The van der Waals surface area contributed by atoms with Gasteiger partial charge in [0.1, 0.15) is 11.6 Å². The molecule has 2 aromatic rings. The first-order valence-corrected chi connectivity index (χ1v) is 8.90. The minimum atomic E-state index is -3.25. The predicted molar refractivity (Wildman–Crippen MR) is 102 cm³/mol. The van der Waals surface area contributed by atoms with Gasteiger partial charge < -0.3 is 20.6 Å². The van der Waals surface area contributed by atoms with Crippen molar-refractivity contribution in [1.29, 1.82) is 5.41 Å². The van der Waals surface area contributed by atoms with Crippen molar-refractivity contribution in [3.05, 3.63) is 47.7 Å². The van der Waals surface area contributed by atoms with Crippen molar-refractivity contribution in [1.82, 2.24) is 4.98 Å². The Kier molecular flexibility index (Phi) is 6.85. The summed E-state index contributed by atoms with van der Waals surface area (Å²) in [6.07, 6.45) is -0.0617. The SMILES string of the molecule is CCC(CC)C(=N)c1c(CO)ccnc1Nc1ccc(OC(C)(F)F)cc1. The van der Waals surface area contributed by atoms with Crippen molar-refractivity contribution in [2.45, 2.75) is 46.3 Å². The topological polar surface area (TPSA) is 78.2 Å². The fraction of sp³-hybridized carbons (Fsp3) is 0.400. The number of aromatic nitrogens is 1. The van der Waals surface area contributed by atoms with Crippen molar-refractivity contribution >= 4 is 17.2 Å². The number of pyridine rings is 1. The zero-order valence-corrected chi connectivity index (χ0v) is 15.7. The maximum absolute atomic E-state index is 12.9. The summed E-state index contributed by atoms with van der Waals surface area (Å²) >= 11 is 0. The van der Waals surface area contributed by atoms with Crippen molar-refractivity contribution in [2.24, 2.45) is 5.92 Å². The molecule has 0 saturated carbocycles. The van der Waals surface area contributed by atoms with E-state index in [4.69, 9.17) is 5.41 Å². The van der Waals surface area contributed by atoms with E-state index in [0.717, 1.165) is 12.8 Å². The summed E-state index contributed by atoms with van der Waals surface area (Å²) in [5.41, 5.74) is 2.23. The van der Waals surface area contributed by atoms with Gasteiger partial charge >= 0.3 is 6.11 Å². The molecule has 1 heterocycles. The standard InChI is InChI=1S/C20H25F2N3O2/c1-4-13(5-2)18(23)17-14(12-26)10-11-24-19(17)25-15-6-8-16(9-7-15)27-20(3,21)22/h6-11,13,23,26H,4-5,12H2,1-3H3,(H,24,25). The van der Waals surface area contributed by atoms with Gasteiger partial charge in [-0.2, -0.15) is 8.78 Å². The molecule has 0 fully saturated rings. The Bertz CT molecular complexity index is 770. The van der Waals surface area contributed by atoms with Gasteiger partial charge in [-0.1, -0.05) is 13.8 Å². The van der Waals surface area contributed by atoms with Crippen molar-refractivity contribution in [3.63, 3.8) is 0 Å². The van der Waals surface area contributed by atoms with Crippen LogP contribution in [0.1, 0.15) is 44.7 Å². The third kappa shape index (κ3) is 5.47. The fourth-order valence-electron chi connectivity index (χ4n) is 2.88. The van der Waals surface area contributed by atoms with Gasteiger partial charge in [0.2, 0.25) is 0 Å². The molecule has 27 heavy (non-hydrogen) atoms. The number of hydrogen-bond donors (Lipinski definition) is 3. The highest BCUT2D eigenvalue weighted by atomic mass is 19.3. The lowest BCUT2D eigenvalue weighted by molar-refractivity contribution is -0.158. The maximum atomic E-state index is 12.9. The van der Waals surface area contributed by atoms with Crippen LogP contribution in [0.25, 0.3) is 0 Å². The summed E-state index contributed by atoms with van der Waals surface area (Å²) < 4.78 is 30.4. The first-order chi connectivity index (χ1) is 12.8. The Balaban J connectivity index is 2.32. The molecule has 0 aliphatic heterocycles. The Hall–Kier alpha value is -2.54. The number of ether oxygens (including phenoxy) is 1. The smallest absolute Gasteiger partial charge is 0.394 e. The number of rotatable bonds is 9. The maximum Gasteiger partial charge on any atom is 0.394 e. The number of hydrogen-bond acceptors (Lipinski definition) is 5. The molecule has 0 atom stereocenters. The minimum Gasteiger partial charge on any atom is -0.433 e. The van der Waals surface area contributed by atoms with Crippen LogP contribution in [0.15, 0.2) is 36.5 Å². The summed E-state index contributed by atoms with van der Waals surface area (Å²) in [6, 6.07) is 7.75. The number of nitrogens with zero attached hydrogens (tertiary/aromatic N) is 1. The van der Waals surface area contributed by atoms with Crippen molar-refractivity contribution < 1.29 is 18.6 Å². The van der Waals surface area contributed by atoms with Crippen LogP contribution in [0, 0.1) is 11.3 Å². The summed E-state index contributed by atoms with van der Waals surface area (Å²) in [4.78, 5) is 4.32. The van der Waals surface area contributed by atoms with Crippen LogP contribution in [-0.4, -0.2) is 21.9 Å². The molecule has 1 aromatic carbocycles. The second kappa shape index (κ2) is 8.90. The quantitative estimate of drug-likeness (QED) is 0.531. The minimum absolute atomic E-state index is 0.0510. The van der Waals surface area contributed by atoms with Gasteiger partial charge in [0.05, 0.1) is 6.61 Å². The van der Waals surface area contributed by atoms with Crippen LogP contribution in [0.5, 0.6) is 5.75 Å². The summed E-state index contributed by atoms with van der Waals surface area (Å²) in [6.45, 7) is 4.52. The van der Waals surface area contributed by atoms with Gasteiger partial charge in [0.15, 0.2) is 0 Å². The Morgan fingerprint density at radius 3 is 2.37 bits per heavy atom. The van der Waals surface area contributed by atoms with Gasteiger partial charge in [0.25, 0.3) is 0 Å². The van der Waals surface area contributed by atoms with E-state index in [2.05, 4.69) is 15.0 Å². The highest BCUT2D eigenvalue weighted by molar-refractivity contribution is 6.05. The molecule has 1 aromatic heterocycles. The molecule has 0 spiro atoms. The molecule has 7 heteroatoms. The fourth-order valence-corrected chi connectivity index (χ4v) is 2.88. The number of nitrogens with one attached hydrogen (secondary N) is 2. The number of benzene rings is 1. The molecule has 0 radical (unpaired) electrons. The Morgan fingerprint density at radius 2 is 1.85 bits per heavy atom. The van der Waals surface area contributed by atoms with Crippen LogP contribution in [0.2, 0.25) is 0 Å². The molecule has 0 bridgehead atoms. The van der Waals surface area contributed by atoms with E-state index in [1.807, 2.05) is 13.8 Å². The van der Waals surface area contributed by atoms with E-state index in [1.54, 1.807) is 24.4 Å². The van der Waals surface area contributed by atoms with E-state index < -0.39 is 6.11 Å². The molecule has 0 amide bonds. The molecule has 0 aliphatic rings. The molecule has 5 nitrogen and oxygen atoms in total. The normalized spacial score (nSPS) is 11.5. The average Bonchev–Trinajstić information content (AvgIpc) is 2.62. The molecule has 0 aliphatic carbocycles. The van der Waals surface area contributed by atoms with Crippen LogP contribution in [0.3, 0.4) is 0 Å². The highest BCUT2D eigenvalue weighted by Gasteiger charge is 2.23. The van der Waals surface area contributed by atoms with E-state index in [-0.39, 0.29) is 18.3 Å². The molecule has 146 valence electrons. The van der Waals surface area contributed by atoms with Crippen LogP contribution >= 0.6 is 0 Å².